The predicted molar refractivity (Wildman–Crippen MR) is 66.1 cm³/mol. The maximum atomic E-state index is 3.57. The Balaban J connectivity index is 2.50. The van der Waals surface area contributed by atoms with E-state index in [-0.39, 0.29) is 0 Å². The smallest absolute Gasteiger partial charge is 0.0235 e. The molecule has 0 saturated heterocycles. The molecule has 1 unspecified atom stereocenters. The second-order valence-corrected chi connectivity index (χ2v) is 4.27. The van der Waals surface area contributed by atoms with Gasteiger partial charge < -0.3 is 10.6 Å². The summed E-state index contributed by atoms with van der Waals surface area (Å²) in [7, 11) is 2.00. The van der Waals surface area contributed by atoms with Gasteiger partial charge in [0.25, 0.3) is 0 Å². The molecule has 1 rings (SSSR count). The van der Waals surface area contributed by atoms with Crippen molar-refractivity contribution in [2.24, 2.45) is 0 Å². The van der Waals surface area contributed by atoms with E-state index in [0.717, 1.165) is 13.0 Å². The molecular weight excluding hydrogens is 184 g/mol. The van der Waals surface area contributed by atoms with E-state index in [1.165, 1.54) is 5.56 Å². The first kappa shape index (κ1) is 12.2. The number of likely N-dealkylation sites (N-methyl/N-ethyl adjacent to an activating group) is 1. The average molecular weight is 206 g/mol. The van der Waals surface area contributed by atoms with Crippen LogP contribution in [0.15, 0.2) is 30.3 Å². The van der Waals surface area contributed by atoms with E-state index in [0.29, 0.717) is 12.1 Å². The van der Waals surface area contributed by atoms with Gasteiger partial charge in [-0.25, -0.2) is 0 Å². The highest BCUT2D eigenvalue weighted by Crippen LogP contribution is 2.03. The van der Waals surface area contributed by atoms with Crippen molar-refractivity contribution in [2.75, 3.05) is 13.6 Å². The van der Waals surface area contributed by atoms with Crippen LogP contribution in [0.5, 0.6) is 0 Å². The van der Waals surface area contributed by atoms with Crippen molar-refractivity contribution in [3.63, 3.8) is 0 Å². The van der Waals surface area contributed by atoms with Gasteiger partial charge in [-0.1, -0.05) is 44.2 Å². The summed E-state index contributed by atoms with van der Waals surface area (Å²) in [5.74, 6) is 0. The van der Waals surface area contributed by atoms with Gasteiger partial charge in [0.05, 0.1) is 0 Å². The third-order valence-electron chi connectivity index (χ3n) is 2.34. The summed E-state index contributed by atoms with van der Waals surface area (Å²) in [6, 6.07) is 11.7. The second-order valence-electron chi connectivity index (χ2n) is 4.27. The zero-order chi connectivity index (χ0) is 11.1. The Hall–Kier alpha value is -0.860. The third kappa shape index (κ3) is 4.96. The average Bonchev–Trinajstić information content (AvgIpc) is 2.18. The van der Waals surface area contributed by atoms with E-state index in [9.17, 15) is 0 Å². The van der Waals surface area contributed by atoms with Crippen LogP contribution in [0.1, 0.15) is 19.4 Å². The lowest BCUT2D eigenvalue weighted by Gasteiger charge is -2.21. The normalized spacial score (nSPS) is 13.1. The van der Waals surface area contributed by atoms with Gasteiger partial charge in [0.15, 0.2) is 0 Å². The van der Waals surface area contributed by atoms with Crippen LogP contribution in [0.2, 0.25) is 0 Å². The second kappa shape index (κ2) is 6.59. The van der Waals surface area contributed by atoms with Crippen LogP contribution >= 0.6 is 0 Å². The predicted octanol–water partition coefficient (Wildman–Crippen LogP) is 1.82. The number of rotatable bonds is 6. The number of nitrogens with one attached hydrogen (secondary N) is 2. The topological polar surface area (TPSA) is 24.1 Å². The zero-order valence-corrected chi connectivity index (χ0v) is 9.96. The summed E-state index contributed by atoms with van der Waals surface area (Å²) in [5.41, 5.74) is 1.39. The SMILES string of the molecule is CNCC(Cc1ccccc1)NC(C)C. The molecule has 0 fully saturated rings. The Kier molecular flexibility index (Phi) is 5.37. The lowest BCUT2D eigenvalue weighted by Crippen LogP contribution is -2.42. The summed E-state index contributed by atoms with van der Waals surface area (Å²) < 4.78 is 0. The Bertz CT molecular complexity index is 256. The van der Waals surface area contributed by atoms with E-state index in [2.05, 4.69) is 54.8 Å². The van der Waals surface area contributed by atoms with Crippen molar-refractivity contribution in [1.82, 2.24) is 10.6 Å². The number of hydrogen-bond donors (Lipinski definition) is 2. The van der Waals surface area contributed by atoms with Gasteiger partial charge in [-0.3, -0.25) is 0 Å². The molecule has 2 N–H and O–H groups in total. The third-order valence-corrected chi connectivity index (χ3v) is 2.34. The summed E-state index contributed by atoms with van der Waals surface area (Å²) in [5, 5.41) is 6.80. The molecule has 15 heavy (non-hydrogen) atoms. The first-order valence-corrected chi connectivity index (χ1v) is 5.67. The molecule has 0 bridgehead atoms. The van der Waals surface area contributed by atoms with Crippen molar-refractivity contribution < 1.29 is 0 Å². The minimum atomic E-state index is 0.511. The Morgan fingerprint density at radius 3 is 2.33 bits per heavy atom. The van der Waals surface area contributed by atoms with Crippen LogP contribution in [-0.4, -0.2) is 25.7 Å². The fraction of sp³-hybridized carbons (Fsp3) is 0.538. The minimum absolute atomic E-state index is 0.511. The molecule has 0 amide bonds. The molecule has 1 aromatic carbocycles. The number of hydrogen-bond acceptors (Lipinski definition) is 2. The largest absolute Gasteiger partial charge is 0.318 e. The highest BCUT2D eigenvalue weighted by Gasteiger charge is 2.09. The van der Waals surface area contributed by atoms with Crippen LogP contribution in [0.3, 0.4) is 0 Å². The zero-order valence-electron chi connectivity index (χ0n) is 9.96. The molecule has 0 aliphatic carbocycles. The lowest BCUT2D eigenvalue weighted by molar-refractivity contribution is 0.445. The van der Waals surface area contributed by atoms with E-state index in [4.69, 9.17) is 0 Å². The van der Waals surface area contributed by atoms with E-state index < -0.39 is 0 Å². The van der Waals surface area contributed by atoms with Gasteiger partial charge >= 0.3 is 0 Å². The molecule has 0 radical (unpaired) electrons. The molecule has 1 aromatic rings. The van der Waals surface area contributed by atoms with E-state index in [1.807, 2.05) is 7.05 Å². The monoisotopic (exact) mass is 206 g/mol. The molecule has 0 heterocycles. The molecule has 0 aliphatic heterocycles. The Labute approximate surface area is 93.1 Å². The molecule has 84 valence electrons. The van der Waals surface area contributed by atoms with Gasteiger partial charge in [-0.05, 0) is 19.0 Å². The van der Waals surface area contributed by atoms with E-state index in [1.54, 1.807) is 0 Å². The van der Waals surface area contributed by atoms with Crippen LogP contribution in [0.4, 0.5) is 0 Å². The quantitative estimate of drug-likeness (QED) is 0.742. The van der Waals surface area contributed by atoms with Gasteiger partial charge in [0.2, 0.25) is 0 Å². The van der Waals surface area contributed by atoms with Crippen LogP contribution < -0.4 is 10.6 Å². The summed E-state index contributed by atoms with van der Waals surface area (Å²) in [6.45, 7) is 5.38. The van der Waals surface area contributed by atoms with Gasteiger partial charge in [-0.15, -0.1) is 0 Å². The minimum Gasteiger partial charge on any atom is -0.318 e. The number of benzene rings is 1. The first-order chi connectivity index (χ1) is 7.22. The molecule has 0 aliphatic rings. The molecule has 0 aromatic heterocycles. The van der Waals surface area contributed by atoms with Crippen molar-refractivity contribution >= 4 is 0 Å². The summed E-state index contributed by atoms with van der Waals surface area (Å²) >= 11 is 0. The molecule has 2 nitrogen and oxygen atoms in total. The lowest BCUT2D eigenvalue weighted by atomic mass is 10.1. The highest BCUT2D eigenvalue weighted by atomic mass is 15.0. The van der Waals surface area contributed by atoms with Crippen molar-refractivity contribution in [1.29, 1.82) is 0 Å². The first-order valence-electron chi connectivity index (χ1n) is 5.67. The standard InChI is InChI=1S/C13H22N2/c1-11(2)15-13(10-14-3)9-12-7-5-4-6-8-12/h4-8,11,13-15H,9-10H2,1-3H3. The summed E-state index contributed by atoms with van der Waals surface area (Å²) in [4.78, 5) is 0. The van der Waals surface area contributed by atoms with Crippen molar-refractivity contribution in [2.45, 2.75) is 32.4 Å². The molecular formula is C13H22N2. The van der Waals surface area contributed by atoms with Gasteiger partial charge in [0, 0.05) is 18.6 Å². The molecule has 0 spiro atoms. The van der Waals surface area contributed by atoms with Gasteiger partial charge in [-0.2, -0.15) is 0 Å². The Morgan fingerprint density at radius 2 is 1.80 bits per heavy atom. The van der Waals surface area contributed by atoms with Crippen molar-refractivity contribution in [3.05, 3.63) is 35.9 Å². The van der Waals surface area contributed by atoms with Crippen LogP contribution in [0.25, 0.3) is 0 Å². The fourth-order valence-corrected chi connectivity index (χ4v) is 1.81. The fourth-order valence-electron chi connectivity index (χ4n) is 1.81. The highest BCUT2D eigenvalue weighted by molar-refractivity contribution is 5.16. The maximum absolute atomic E-state index is 3.57. The van der Waals surface area contributed by atoms with Gasteiger partial charge in [0.1, 0.15) is 0 Å². The molecule has 2 heteroatoms. The Morgan fingerprint density at radius 1 is 1.13 bits per heavy atom. The van der Waals surface area contributed by atoms with Crippen LogP contribution in [0, 0.1) is 0 Å². The molecule has 0 saturated carbocycles. The maximum Gasteiger partial charge on any atom is 0.0235 e. The summed E-state index contributed by atoms with van der Waals surface area (Å²) in [6.07, 6.45) is 1.08. The van der Waals surface area contributed by atoms with E-state index >= 15 is 0 Å². The van der Waals surface area contributed by atoms with Crippen LogP contribution in [-0.2, 0) is 6.42 Å². The molecule has 1 atom stereocenters. The van der Waals surface area contributed by atoms with Crippen molar-refractivity contribution in [3.8, 4) is 0 Å².